The van der Waals surface area contributed by atoms with E-state index in [1.54, 1.807) is 6.92 Å². The van der Waals surface area contributed by atoms with Gasteiger partial charge >= 0.3 is 0 Å². The summed E-state index contributed by atoms with van der Waals surface area (Å²) in [4.78, 5) is 0. The summed E-state index contributed by atoms with van der Waals surface area (Å²) in [5, 5.41) is 4.92. The molecular formula is C3H8FNS. The molecule has 0 rings (SSSR count). The fraction of sp³-hybridized carbons (Fsp3) is 1.00. The van der Waals surface area contributed by atoms with Gasteiger partial charge in [-0.2, -0.15) is 0 Å². The monoisotopic (exact) mass is 109 g/mol. The van der Waals surface area contributed by atoms with Gasteiger partial charge in [0, 0.05) is 5.25 Å². The number of alkyl halides is 1. The van der Waals surface area contributed by atoms with Crippen LogP contribution in [0.2, 0.25) is 0 Å². The van der Waals surface area contributed by atoms with Crippen LogP contribution in [-0.4, -0.2) is 11.9 Å². The van der Waals surface area contributed by atoms with Crippen molar-refractivity contribution >= 4 is 11.9 Å². The molecule has 0 aliphatic rings. The molecule has 0 saturated carbocycles. The average molecular weight is 109 g/mol. The van der Waals surface area contributed by atoms with Crippen LogP contribution < -0.4 is 5.14 Å². The van der Waals surface area contributed by atoms with E-state index in [1.165, 1.54) is 0 Å². The molecule has 0 amide bonds. The van der Waals surface area contributed by atoms with E-state index in [0.29, 0.717) is 0 Å². The van der Waals surface area contributed by atoms with E-state index in [9.17, 15) is 4.39 Å². The zero-order valence-corrected chi connectivity index (χ0v) is 4.46. The molecule has 0 radical (unpaired) electrons. The summed E-state index contributed by atoms with van der Waals surface area (Å²) >= 11 is 1.05. The number of halogens is 1. The highest BCUT2D eigenvalue weighted by Gasteiger charge is 1.93. The van der Waals surface area contributed by atoms with E-state index in [1.807, 2.05) is 0 Å². The summed E-state index contributed by atoms with van der Waals surface area (Å²) in [7, 11) is 0. The number of rotatable bonds is 2. The van der Waals surface area contributed by atoms with Crippen molar-refractivity contribution in [2.24, 2.45) is 5.14 Å². The summed E-state index contributed by atoms with van der Waals surface area (Å²) in [5.41, 5.74) is 0. The minimum absolute atomic E-state index is 0.0370. The van der Waals surface area contributed by atoms with Gasteiger partial charge in [0.1, 0.15) is 6.67 Å². The van der Waals surface area contributed by atoms with Crippen LogP contribution in [0.15, 0.2) is 0 Å². The van der Waals surface area contributed by atoms with Gasteiger partial charge in [-0.1, -0.05) is 11.9 Å². The summed E-state index contributed by atoms with van der Waals surface area (Å²) in [6.45, 7) is 1.41. The Balaban J connectivity index is 2.75. The van der Waals surface area contributed by atoms with Gasteiger partial charge in [0.2, 0.25) is 0 Å². The predicted molar refractivity (Wildman–Crippen MR) is 27.2 cm³/mol. The zero-order chi connectivity index (χ0) is 4.99. The second kappa shape index (κ2) is 3.43. The maximum Gasteiger partial charge on any atom is 0.102 e. The Morgan fingerprint density at radius 1 is 2.00 bits per heavy atom. The Kier molecular flexibility index (Phi) is 3.57. The van der Waals surface area contributed by atoms with Gasteiger partial charge in [-0.25, -0.2) is 4.39 Å². The van der Waals surface area contributed by atoms with Crippen LogP contribution >= 0.6 is 11.9 Å². The molecule has 0 aliphatic carbocycles. The van der Waals surface area contributed by atoms with Gasteiger partial charge in [0.25, 0.3) is 0 Å². The molecule has 0 spiro atoms. The fourth-order valence-electron chi connectivity index (χ4n) is 0.0364. The minimum atomic E-state index is -0.332. The van der Waals surface area contributed by atoms with E-state index >= 15 is 0 Å². The van der Waals surface area contributed by atoms with Gasteiger partial charge in [-0.3, -0.25) is 5.14 Å². The molecule has 2 N–H and O–H groups in total. The fourth-order valence-corrected chi connectivity index (χ4v) is 0.109. The highest BCUT2D eigenvalue weighted by Crippen LogP contribution is 1.99. The Labute approximate surface area is 41.2 Å². The van der Waals surface area contributed by atoms with Crippen molar-refractivity contribution in [1.82, 2.24) is 0 Å². The highest BCUT2D eigenvalue weighted by molar-refractivity contribution is 7.97. The lowest BCUT2D eigenvalue weighted by Crippen LogP contribution is -2.00. The predicted octanol–water partition coefficient (Wildman–Crippen LogP) is 0.951. The summed E-state index contributed by atoms with van der Waals surface area (Å²) in [5.74, 6) is 0. The van der Waals surface area contributed by atoms with Crippen molar-refractivity contribution in [3.05, 3.63) is 0 Å². The van der Waals surface area contributed by atoms with Crippen molar-refractivity contribution in [2.75, 3.05) is 6.67 Å². The van der Waals surface area contributed by atoms with E-state index in [4.69, 9.17) is 5.14 Å². The Hall–Kier alpha value is 0.240. The standard InChI is InChI=1S/C3H8FNS/c1-3(2-4)6-5/h3H,2,5H2,1H3. The number of hydrogen-bond donors (Lipinski definition) is 1. The van der Waals surface area contributed by atoms with Gasteiger partial charge in [0.15, 0.2) is 0 Å². The Morgan fingerprint density at radius 2 is 2.50 bits per heavy atom. The van der Waals surface area contributed by atoms with Crippen LogP contribution in [0.1, 0.15) is 6.92 Å². The molecule has 0 aromatic heterocycles. The first-order chi connectivity index (χ1) is 2.81. The molecule has 1 unspecified atom stereocenters. The van der Waals surface area contributed by atoms with Crippen LogP contribution in [-0.2, 0) is 0 Å². The zero-order valence-electron chi connectivity index (χ0n) is 3.65. The second-order valence-corrected chi connectivity index (χ2v) is 2.18. The second-order valence-electron chi connectivity index (χ2n) is 1.10. The lowest BCUT2D eigenvalue weighted by atomic mass is 10.5. The molecule has 38 valence electrons. The summed E-state index contributed by atoms with van der Waals surface area (Å²) < 4.78 is 11.3. The Morgan fingerprint density at radius 3 is 2.50 bits per heavy atom. The molecule has 0 heterocycles. The first-order valence-electron chi connectivity index (χ1n) is 1.72. The molecule has 1 nitrogen and oxygen atoms in total. The van der Waals surface area contributed by atoms with Crippen molar-refractivity contribution < 1.29 is 4.39 Å². The molecule has 0 saturated heterocycles. The summed E-state index contributed by atoms with van der Waals surface area (Å²) in [6, 6.07) is 0. The lowest BCUT2D eigenvalue weighted by molar-refractivity contribution is 0.494. The molecule has 3 heteroatoms. The van der Waals surface area contributed by atoms with Crippen molar-refractivity contribution in [3.8, 4) is 0 Å². The minimum Gasteiger partial charge on any atom is -0.278 e. The van der Waals surface area contributed by atoms with E-state index < -0.39 is 0 Å². The third-order valence-corrected chi connectivity index (χ3v) is 1.04. The molecular weight excluding hydrogens is 101 g/mol. The first-order valence-corrected chi connectivity index (χ1v) is 2.67. The van der Waals surface area contributed by atoms with E-state index in [2.05, 4.69) is 0 Å². The SMILES string of the molecule is CC(CF)SN. The first kappa shape index (κ1) is 6.24. The molecule has 0 fully saturated rings. The van der Waals surface area contributed by atoms with Crippen LogP contribution in [0.4, 0.5) is 4.39 Å². The third-order valence-electron chi connectivity index (χ3n) is 0.450. The lowest BCUT2D eigenvalue weighted by Gasteiger charge is -1.95. The maximum absolute atomic E-state index is 11.3. The molecule has 0 aromatic rings. The van der Waals surface area contributed by atoms with Crippen molar-refractivity contribution in [2.45, 2.75) is 12.2 Å². The van der Waals surface area contributed by atoms with Gasteiger partial charge in [-0.05, 0) is 6.92 Å². The van der Waals surface area contributed by atoms with Crippen LogP contribution in [0.5, 0.6) is 0 Å². The number of nitrogens with two attached hydrogens (primary N) is 1. The number of hydrogen-bond acceptors (Lipinski definition) is 2. The third kappa shape index (κ3) is 2.48. The van der Waals surface area contributed by atoms with Crippen LogP contribution in [0, 0.1) is 0 Å². The largest absolute Gasteiger partial charge is 0.278 e. The molecule has 0 bridgehead atoms. The van der Waals surface area contributed by atoms with Crippen LogP contribution in [0.3, 0.4) is 0 Å². The average Bonchev–Trinajstić information content (AvgIpc) is 1.65. The van der Waals surface area contributed by atoms with Gasteiger partial charge in [0.05, 0.1) is 0 Å². The molecule has 0 aromatic carbocycles. The molecule has 0 aliphatic heterocycles. The summed E-state index contributed by atoms with van der Waals surface area (Å²) in [6.07, 6.45) is 0. The maximum atomic E-state index is 11.3. The molecule has 6 heavy (non-hydrogen) atoms. The molecule has 1 atom stereocenters. The van der Waals surface area contributed by atoms with E-state index in [0.717, 1.165) is 11.9 Å². The van der Waals surface area contributed by atoms with Gasteiger partial charge in [-0.15, -0.1) is 0 Å². The van der Waals surface area contributed by atoms with Crippen molar-refractivity contribution in [1.29, 1.82) is 0 Å². The highest BCUT2D eigenvalue weighted by atomic mass is 32.2. The normalized spacial score (nSPS) is 14.5. The topological polar surface area (TPSA) is 26.0 Å². The smallest absolute Gasteiger partial charge is 0.102 e. The Bertz CT molecular complexity index is 30.0. The van der Waals surface area contributed by atoms with Crippen LogP contribution in [0.25, 0.3) is 0 Å². The van der Waals surface area contributed by atoms with Crippen molar-refractivity contribution in [3.63, 3.8) is 0 Å². The quantitative estimate of drug-likeness (QED) is 0.534. The van der Waals surface area contributed by atoms with E-state index in [-0.39, 0.29) is 11.9 Å². The van der Waals surface area contributed by atoms with Gasteiger partial charge < -0.3 is 0 Å².